The van der Waals surface area contributed by atoms with Crippen LogP contribution < -0.4 is 4.90 Å². The zero-order valence-electron chi connectivity index (χ0n) is 16.3. The van der Waals surface area contributed by atoms with E-state index in [4.69, 9.17) is 0 Å². The standard InChI is InChI=1S/C17H20F3N5O4S/c1-23-12(15(26)29-2)4-5-14(23)30(27,28)25-9-3-8-24(10-11-25)16-21-7-6-13(22-16)17(18,19)20/h4-7H,3,8-11H2,1-2H3. The van der Waals surface area contributed by atoms with Gasteiger partial charge in [0.05, 0.1) is 7.11 Å². The quantitative estimate of drug-likeness (QED) is 0.656. The van der Waals surface area contributed by atoms with Crippen molar-refractivity contribution in [3.05, 3.63) is 35.8 Å². The lowest BCUT2D eigenvalue weighted by Crippen LogP contribution is -2.36. The van der Waals surface area contributed by atoms with Gasteiger partial charge in [0.2, 0.25) is 5.95 Å². The SMILES string of the molecule is COC(=O)c1ccc(S(=O)(=O)N2CCCN(c3nccc(C(F)(F)F)n3)CC2)n1C. The number of halogens is 3. The highest BCUT2D eigenvalue weighted by Gasteiger charge is 2.34. The Morgan fingerprint density at radius 3 is 2.53 bits per heavy atom. The van der Waals surface area contributed by atoms with Gasteiger partial charge in [0.1, 0.15) is 11.4 Å². The Bertz CT molecular complexity index is 1040. The summed E-state index contributed by atoms with van der Waals surface area (Å²) in [7, 11) is -1.29. The molecule has 0 saturated carbocycles. The molecule has 0 amide bonds. The van der Waals surface area contributed by atoms with Crippen molar-refractivity contribution < 1.29 is 31.1 Å². The molecule has 13 heteroatoms. The van der Waals surface area contributed by atoms with Crippen LogP contribution in [0.3, 0.4) is 0 Å². The highest BCUT2D eigenvalue weighted by atomic mass is 32.2. The van der Waals surface area contributed by atoms with E-state index in [9.17, 15) is 26.4 Å². The van der Waals surface area contributed by atoms with E-state index in [0.29, 0.717) is 13.0 Å². The van der Waals surface area contributed by atoms with Crippen molar-refractivity contribution in [2.75, 3.05) is 38.2 Å². The molecule has 164 valence electrons. The molecule has 3 rings (SSSR count). The van der Waals surface area contributed by atoms with Crippen LogP contribution in [0.15, 0.2) is 29.4 Å². The molecule has 30 heavy (non-hydrogen) atoms. The number of hydrogen-bond acceptors (Lipinski definition) is 7. The normalized spacial score (nSPS) is 16.4. The Kier molecular flexibility index (Phi) is 6.04. The summed E-state index contributed by atoms with van der Waals surface area (Å²) in [6, 6.07) is 3.46. The number of carbonyl (C=O) groups excluding carboxylic acids is 1. The van der Waals surface area contributed by atoms with Crippen molar-refractivity contribution in [2.24, 2.45) is 7.05 Å². The predicted molar refractivity (Wildman–Crippen MR) is 99.4 cm³/mol. The van der Waals surface area contributed by atoms with Crippen LogP contribution in [-0.2, 0) is 28.0 Å². The van der Waals surface area contributed by atoms with E-state index < -0.39 is 27.9 Å². The largest absolute Gasteiger partial charge is 0.464 e. The van der Waals surface area contributed by atoms with Crippen LogP contribution in [-0.4, -0.2) is 66.5 Å². The number of methoxy groups -OCH3 is 1. The molecule has 0 unspecified atom stereocenters. The molecule has 0 radical (unpaired) electrons. The molecule has 2 aromatic heterocycles. The van der Waals surface area contributed by atoms with Crippen molar-refractivity contribution in [1.82, 2.24) is 18.8 Å². The van der Waals surface area contributed by atoms with Crippen molar-refractivity contribution >= 4 is 21.9 Å². The topological polar surface area (TPSA) is 97.6 Å². The van der Waals surface area contributed by atoms with Crippen LogP contribution in [0.1, 0.15) is 22.6 Å². The van der Waals surface area contributed by atoms with Crippen LogP contribution in [0, 0.1) is 0 Å². The monoisotopic (exact) mass is 447 g/mol. The maximum absolute atomic E-state index is 13.1. The molecule has 0 N–H and O–H groups in total. The van der Waals surface area contributed by atoms with E-state index in [0.717, 1.165) is 12.3 Å². The van der Waals surface area contributed by atoms with Crippen LogP contribution in [0.4, 0.5) is 19.1 Å². The fourth-order valence-electron chi connectivity index (χ4n) is 3.19. The molecule has 9 nitrogen and oxygen atoms in total. The number of nitrogens with zero attached hydrogens (tertiary/aromatic N) is 5. The minimum absolute atomic E-state index is 0.0284. The number of anilines is 1. The lowest BCUT2D eigenvalue weighted by Gasteiger charge is -2.22. The minimum Gasteiger partial charge on any atom is -0.464 e. The van der Waals surface area contributed by atoms with E-state index in [1.54, 1.807) is 0 Å². The molecule has 3 heterocycles. The zero-order valence-corrected chi connectivity index (χ0v) is 17.1. The zero-order chi connectivity index (χ0) is 22.1. The number of aromatic nitrogens is 3. The number of carbonyl (C=O) groups is 1. The first-order valence-corrected chi connectivity index (χ1v) is 10.4. The molecule has 0 spiro atoms. The summed E-state index contributed by atoms with van der Waals surface area (Å²) in [5.74, 6) is -0.765. The summed E-state index contributed by atoms with van der Waals surface area (Å²) in [5, 5.41) is -0.0772. The Morgan fingerprint density at radius 2 is 1.87 bits per heavy atom. The van der Waals surface area contributed by atoms with Gasteiger partial charge >= 0.3 is 12.1 Å². The maximum atomic E-state index is 13.1. The van der Waals surface area contributed by atoms with Gasteiger partial charge < -0.3 is 14.2 Å². The Balaban J connectivity index is 1.80. The molecular weight excluding hydrogens is 427 g/mol. The third kappa shape index (κ3) is 4.26. The van der Waals surface area contributed by atoms with Crippen molar-refractivity contribution in [3.63, 3.8) is 0 Å². The molecule has 1 aliphatic rings. The summed E-state index contributed by atoms with van der Waals surface area (Å²) < 4.78 is 72.0. The van der Waals surface area contributed by atoms with Crippen LogP contribution in [0.2, 0.25) is 0 Å². The van der Waals surface area contributed by atoms with E-state index in [2.05, 4.69) is 14.7 Å². The molecular formula is C17H20F3N5O4S. The second-order valence-corrected chi connectivity index (χ2v) is 8.48. The molecule has 0 bridgehead atoms. The predicted octanol–water partition coefficient (Wildman–Crippen LogP) is 1.52. The smallest absolute Gasteiger partial charge is 0.433 e. The van der Waals surface area contributed by atoms with Crippen LogP contribution in [0.25, 0.3) is 0 Å². The Morgan fingerprint density at radius 1 is 1.13 bits per heavy atom. The molecule has 0 atom stereocenters. The van der Waals surface area contributed by atoms with Crippen molar-refractivity contribution in [2.45, 2.75) is 17.6 Å². The third-order valence-electron chi connectivity index (χ3n) is 4.75. The molecule has 0 aromatic carbocycles. The molecule has 1 aliphatic heterocycles. The van der Waals surface area contributed by atoms with E-state index in [1.165, 1.54) is 40.1 Å². The number of ether oxygens (including phenoxy) is 1. The summed E-state index contributed by atoms with van der Waals surface area (Å²) in [5.41, 5.74) is -0.967. The van der Waals surface area contributed by atoms with Crippen LogP contribution in [0.5, 0.6) is 0 Å². The van der Waals surface area contributed by atoms with Crippen molar-refractivity contribution in [1.29, 1.82) is 0 Å². The number of sulfonamides is 1. The fourth-order valence-corrected chi connectivity index (χ4v) is 4.83. The molecule has 0 aliphatic carbocycles. The Hall–Kier alpha value is -2.67. The van der Waals surface area contributed by atoms with Gasteiger partial charge in [0.25, 0.3) is 10.0 Å². The first kappa shape index (κ1) is 22.0. The maximum Gasteiger partial charge on any atom is 0.433 e. The molecule has 1 saturated heterocycles. The number of esters is 1. The minimum atomic E-state index is -4.59. The molecule has 2 aromatic rings. The van der Waals surface area contributed by atoms with Gasteiger partial charge in [-0.25, -0.2) is 23.2 Å². The number of rotatable bonds is 4. The van der Waals surface area contributed by atoms with Crippen molar-refractivity contribution in [3.8, 4) is 0 Å². The average Bonchev–Trinajstić information content (AvgIpc) is 2.92. The van der Waals surface area contributed by atoms with E-state index in [-0.39, 0.29) is 36.3 Å². The van der Waals surface area contributed by atoms with Crippen LogP contribution >= 0.6 is 0 Å². The van der Waals surface area contributed by atoms with Gasteiger partial charge in [0, 0.05) is 39.4 Å². The summed E-state index contributed by atoms with van der Waals surface area (Å²) >= 11 is 0. The van der Waals surface area contributed by atoms with Gasteiger partial charge in [-0.05, 0) is 24.6 Å². The first-order chi connectivity index (χ1) is 14.1. The summed E-state index contributed by atoms with van der Waals surface area (Å²) in [6.45, 7) is 0.611. The third-order valence-corrected chi connectivity index (χ3v) is 6.73. The average molecular weight is 447 g/mol. The second-order valence-electron chi connectivity index (χ2n) is 6.59. The highest BCUT2D eigenvalue weighted by Crippen LogP contribution is 2.28. The summed E-state index contributed by atoms with van der Waals surface area (Å²) in [6.07, 6.45) is -3.20. The van der Waals surface area contributed by atoms with Gasteiger partial charge in [-0.1, -0.05) is 0 Å². The van der Waals surface area contributed by atoms with E-state index in [1.807, 2.05) is 0 Å². The van der Waals surface area contributed by atoms with Gasteiger partial charge in [-0.15, -0.1) is 0 Å². The van der Waals surface area contributed by atoms with Gasteiger partial charge in [-0.3, -0.25) is 0 Å². The molecule has 1 fully saturated rings. The van der Waals surface area contributed by atoms with E-state index >= 15 is 0 Å². The Labute approximate surface area is 171 Å². The lowest BCUT2D eigenvalue weighted by molar-refractivity contribution is -0.141. The summed E-state index contributed by atoms with van der Waals surface area (Å²) in [4.78, 5) is 20.7. The fraction of sp³-hybridized carbons (Fsp3) is 0.471. The van der Waals surface area contributed by atoms with Gasteiger partial charge in [-0.2, -0.15) is 17.5 Å². The lowest BCUT2D eigenvalue weighted by atomic mass is 10.4. The second kappa shape index (κ2) is 8.22. The highest BCUT2D eigenvalue weighted by molar-refractivity contribution is 7.89. The van der Waals surface area contributed by atoms with Gasteiger partial charge in [0.15, 0.2) is 5.03 Å². The number of alkyl halides is 3. The number of hydrogen-bond donors (Lipinski definition) is 0. The first-order valence-electron chi connectivity index (χ1n) is 8.95.